The third kappa shape index (κ3) is 8.20. The molecule has 0 radical (unpaired) electrons. The second kappa shape index (κ2) is 15.0. The minimum absolute atomic E-state index is 0.137. The first kappa shape index (κ1) is 32.0. The number of carbonyl (C=O) groups is 4. The molecular formula is C35H34N2O6S2. The number of ether oxygens (including phenoxy) is 1. The molecule has 2 unspecified atom stereocenters. The van der Waals surface area contributed by atoms with Gasteiger partial charge >= 0.3 is 11.9 Å². The third-order valence-corrected chi connectivity index (χ3v) is 9.95. The monoisotopic (exact) mass is 642 g/mol. The number of benzene rings is 3. The van der Waals surface area contributed by atoms with Gasteiger partial charge in [0.15, 0.2) is 0 Å². The number of aliphatic carboxylic acids is 1. The van der Waals surface area contributed by atoms with Crippen LogP contribution in [0.25, 0.3) is 0 Å². The zero-order valence-corrected chi connectivity index (χ0v) is 26.4. The van der Waals surface area contributed by atoms with Crippen LogP contribution in [-0.2, 0) is 32.0 Å². The number of carboxylic acid groups (broad SMARTS) is 1. The largest absolute Gasteiger partial charge is 0.481 e. The number of hydrogen-bond acceptors (Lipinski definition) is 7. The minimum atomic E-state index is -1.04. The Balaban J connectivity index is 1.40. The van der Waals surface area contributed by atoms with Crippen LogP contribution in [0.3, 0.4) is 0 Å². The third-order valence-electron chi connectivity index (χ3n) is 7.53. The summed E-state index contributed by atoms with van der Waals surface area (Å²) in [5.41, 5.74) is 3.95. The van der Waals surface area contributed by atoms with Crippen LogP contribution in [0.1, 0.15) is 69.3 Å². The fourth-order valence-corrected chi connectivity index (χ4v) is 7.81. The topological polar surface area (TPSA) is 122 Å². The zero-order valence-electron chi connectivity index (χ0n) is 24.8. The highest BCUT2D eigenvalue weighted by Crippen LogP contribution is 2.44. The Hall–Kier alpha value is -4.41. The number of anilines is 2. The normalized spacial score (nSPS) is 14.6. The van der Waals surface area contributed by atoms with Gasteiger partial charge in [0, 0.05) is 21.9 Å². The molecule has 3 N–H and O–H groups in total. The lowest BCUT2D eigenvalue weighted by Gasteiger charge is -2.23. The van der Waals surface area contributed by atoms with Gasteiger partial charge in [0.1, 0.15) is 10.3 Å². The van der Waals surface area contributed by atoms with Gasteiger partial charge in [-0.2, -0.15) is 0 Å². The standard InChI is InChI=1S/C35H34N2O6S2/c1-2-43-35(42)31-27-17-16-24(22-10-5-3-6-11-22)20-28(27)45-34(31)37-33(41)32(23-12-7-4-8-13-23)44-26-15-9-14-25(21-26)36-29(38)18-19-30(39)40/h3-15,21,24,32H,2,16-20H2,1H3,(H,36,38)(H,37,41)(H,39,40). The summed E-state index contributed by atoms with van der Waals surface area (Å²) in [6, 6.07) is 26.8. The highest BCUT2D eigenvalue weighted by Gasteiger charge is 2.32. The number of amides is 2. The molecule has 3 aromatic carbocycles. The predicted octanol–water partition coefficient (Wildman–Crippen LogP) is 7.47. The summed E-state index contributed by atoms with van der Waals surface area (Å²) >= 11 is 2.76. The second-order valence-corrected chi connectivity index (χ2v) is 12.9. The number of esters is 1. The van der Waals surface area contributed by atoms with E-state index in [1.54, 1.807) is 25.1 Å². The van der Waals surface area contributed by atoms with Crippen molar-refractivity contribution in [2.24, 2.45) is 0 Å². The van der Waals surface area contributed by atoms with Crippen molar-refractivity contribution in [2.45, 2.75) is 55.1 Å². The molecule has 0 saturated carbocycles. The Bertz CT molecular complexity index is 1670. The van der Waals surface area contributed by atoms with Crippen molar-refractivity contribution in [3.05, 3.63) is 112 Å². The van der Waals surface area contributed by atoms with Crippen LogP contribution >= 0.6 is 23.1 Å². The molecule has 8 nitrogen and oxygen atoms in total. The van der Waals surface area contributed by atoms with E-state index < -0.39 is 23.1 Å². The SMILES string of the molecule is CCOC(=O)c1c(NC(=O)C(Sc2cccc(NC(=O)CCC(=O)O)c2)c2ccccc2)sc2c1CCC(c1ccccc1)C2. The summed E-state index contributed by atoms with van der Waals surface area (Å²) in [6.45, 7) is 2.00. The predicted molar refractivity (Wildman–Crippen MR) is 177 cm³/mol. The van der Waals surface area contributed by atoms with Gasteiger partial charge in [0.25, 0.3) is 0 Å². The maximum Gasteiger partial charge on any atom is 0.341 e. The summed E-state index contributed by atoms with van der Waals surface area (Å²) < 4.78 is 5.45. The molecule has 1 aliphatic carbocycles. The van der Waals surface area contributed by atoms with E-state index in [4.69, 9.17) is 9.84 Å². The first-order valence-corrected chi connectivity index (χ1v) is 16.5. The summed E-state index contributed by atoms with van der Waals surface area (Å²) in [6.07, 6.45) is 2.01. The number of fused-ring (bicyclic) bond motifs is 1. The van der Waals surface area contributed by atoms with Crippen LogP contribution in [0.5, 0.6) is 0 Å². The number of thioether (sulfide) groups is 1. The molecule has 0 spiro atoms. The van der Waals surface area contributed by atoms with E-state index in [1.165, 1.54) is 28.7 Å². The zero-order chi connectivity index (χ0) is 31.8. The first-order chi connectivity index (χ1) is 21.8. The van der Waals surface area contributed by atoms with Gasteiger partial charge in [-0.3, -0.25) is 14.4 Å². The highest BCUT2D eigenvalue weighted by atomic mass is 32.2. The molecule has 5 rings (SSSR count). The Morgan fingerprint density at radius 2 is 1.69 bits per heavy atom. The lowest BCUT2D eigenvalue weighted by molar-refractivity contribution is -0.138. The summed E-state index contributed by atoms with van der Waals surface area (Å²) in [7, 11) is 0. The minimum Gasteiger partial charge on any atom is -0.481 e. The van der Waals surface area contributed by atoms with Crippen molar-refractivity contribution in [3.8, 4) is 0 Å². The quantitative estimate of drug-likeness (QED) is 0.108. The molecular weight excluding hydrogens is 609 g/mol. The van der Waals surface area contributed by atoms with Gasteiger partial charge in [-0.15, -0.1) is 23.1 Å². The molecule has 45 heavy (non-hydrogen) atoms. The van der Waals surface area contributed by atoms with Gasteiger partial charge in [0.05, 0.1) is 18.6 Å². The summed E-state index contributed by atoms with van der Waals surface area (Å²) in [5, 5.41) is 14.5. The van der Waals surface area contributed by atoms with Gasteiger partial charge < -0.3 is 20.5 Å². The molecule has 10 heteroatoms. The van der Waals surface area contributed by atoms with E-state index in [-0.39, 0.29) is 25.4 Å². The van der Waals surface area contributed by atoms with E-state index in [0.29, 0.717) is 22.2 Å². The maximum atomic E-state index is 14.1. The average Bonchev–Trinajstić information content (AvgIpc) is 3.40. The summed E-state index contributed by atoms with van der Waals surface area (Å²) in [4.78, 5) is 52.2. The Morgan fingerprint density at radius 3 is 2.40 bits per heavy atom. The average molecular weight is 643 g/mol. The Kier molecular flexibility index (Phi) is 10.7. The highest BCUT2D eigenvalue weighted by molar-refractivity contribution is 8.00. The van der Waals surface area contributed by atoms with Crippen molar-refractivity contribution in [3.63, 3.8) is 0 Å². The molecule has 1 aliphatic rings. The van der Waals surface area contributed by atoms with E-state index >= 15 is 0 Å². The van der Waals surface area contributed by atoms with Gasteiger partial charge in [-0.1, -0.05) is 66.7 Å². The number of nitrogens with one attached hydrogen (secondary N) is 2. The second-order valence-electron chi connectivity index (χ2n) is 10.6. The van der Waals surface area contributed by atoms with E-state index in [0.717, 1.165) is 40.2 Å². The molecule has 1 heterocycles. The molecule has 2 amide bonds. The van der Waals surface area contributed by atoms with Gasteiger partial charge in [0.2, 0.25) is 11.8 Å². The van der Waals surface area contributed by atoms with Crippen molar-refractivity contribution in [1.29, 1.82) is 0 Å². The molecule has 0 fully saturated rings. The molecule has 232 valence electrons. The van der Waals surface area contributed by atoms with E-state index in [9.17, 15) is 19.2 Å². The van der Waals surface area contributed by atoms with Crippen molar-refractivity contribution >= 4 is 57.5 Å². The van der Waals surface area contributed by atoms with Crippen LogP contribution in [0.15, 0.2) is 89.8 Å². The molecule has 4 aromatic rings. The lowest BCUT2D eigenvalue weighted by Crippen LogP contribution is -2.20. The first-order valence-electron chi connectivity index (χ1n) is 14.8. The molecule has 2 atom stereocenters. The van der Waals surface area contributed by atoms with Crippen LogP contribution in [0.4, 0.5) is 10.7 Å². The van der Waals surface area contributed by atoms with E-state index in [2.05, 4.69) is 22.8 Å². The Morgan fingerprint density at radius 1 is 0.956 bits per heavy atom. The molecule has 0 bridgehead atoms. The van der Waals surface area contributed by atoms with Crippen molar-refractivity contribution in [1.82, 2.24) is 0 Å². The van der Waals surface area contributed by atoms with Crippen LogP contribution in [0, 0.1) is 0 Å². The van der Waals surface area contributed by atoms with Gasteiger partial charge in [-0.25, -0.2) is 4.79 Å². The molecule has 1 aromatic heterocycles. The number of rotatable bonds is 12. The van der Waals surface area contributed by atoms with Crippen LogP contribution in [0.2, 0.25) is 0 Å². The number of carboxylic acids is 1. The smallest absolute Gasteiger partial charge is 0.341 e. The Labute approximate surface area is 270 Å². The van der Waals surface area contributed by atoms with Crippen LogP contribution in [-0.4, -0.2) is 35.5 Å². The fourth-order valence-electron chi connectivity index (χ4n) is 5.41. The number of carbonyl (C=O) groups excluding carboxylic acids is 3. The lowest BCUT2D eigenvalue weighted by atomic mass is 9.83. The summed E-state index contributed by atoms with van der Waals surface area (Å²) in [5.74, 6) is -1.83. The number of thiophene rings is 1. The molecule has 0 saturated heterocycles. The maximum absolute atomic E-state index is 14.1. The number of hydrogen-bond donors (Lipinski definition) is 3. The van der Waals surface area contributed by atoms with E-state index in [1.807, 2.05) is 54.6 Å². The van der Waals surface area contributed by atoms with Crippen LogP contribution < -0.4 is 10.6 Å². The van der Waals surface area contributed by atoms with Crippen molar-refractivity contribution < 1.29 is 29.0 Å². The van der Waals surface area contributed by atoms with Crippen molar-refractivity contribution in [2.75, 3.05) is 17.2 Å². The van der Waals surface area contributed by atoms with Gasteiger partial charge in [-0.05, 0) is 67.0 Å². The molecule has 0 aliphatic heterocycles. The fraction of sp³-hybridized carbons (Fsp3) is 0.257.